The highest BCUT2D eigenvalue weighted by Crippen LogP contribution is 2.51. The zero-order chi connectivity index (χ0) is 7.24. The van der Waals surface area contributed by atoms with Gasteiger partial charge in [-0.15, -0.1) is 0 Å². The van der Waals surface area contributed by atoms with Crippen LogP contribution in [0.1, 0.15) is 19.3 Å². The van der Waals surface area contributed by atoms with Crippen LogP contribution in [0, 0.1) is 0 Å². The van der Waals surface area contributed by atoms with Crippen molar-refractivity contribution in [1.82, 2.24) is 5.32 Å². The van der Waals surface area contributed by atoms with Crippen LogP contribution in [0.4, 0.5) is 0 Å². The number of aliphatic hydroxyl groups is 2. The Hall–Kier alpha value is -0.120. The summed E-state index contributed by atoms with van der Waals surface area (Å²) in [7, 11) is 0. The Morgan fingerprint density at radius 3 is 1.90 bits per heavy atom. The molecule has 10 heavy (non-hydrogen) atoms. The minimum Gasteiger partial charge on any atom is -0.394 e. The molecule has 2 unspecified atom stereocenters. The van der Waals surface area contributed by atoms with E-state index in [2.05, 4.69) is 5.32 Å². The van der Waals surface area contributed by atoms with E-state index in [1.165, 1.54) is 0 Å². The first-order valence-electron chi connectivity index (χ1n) is 3.80. The van der Waals surface area contributed by atoms with Crippen molar-refractivity contribution in [3.63, 3.8) is 0 Å². The molecule has 3 heteroatoms. The van der Waals surface area contributed by atoms with E-state index in [9.17, 15) is 0 Å². The molecule has 3 N–H and O–H groups in total. The van der Waals surface area contributed by atoms with Gasteiger partial charge in [-0.05, 0) is 19.3 Å². The number of nitrogens with one attached hydrogen (secondary N) is 1. The first-order chi connectivity index (χ1) is 4.79. The van der Waals surface area contributed by atoms with Crippen LogP contribution in [0.15, 0.2) is 0 Å². The van der Waals surface area contributed by atoms with Crippen molar-refractivity contribution in [3.8, 4) is 0 Å². The van der Waals surface area contributed by atoms with Crippen LogP contribution >= 0.6 is 0 Å². The Morgan fingerprint density at radius 1 is 1.10 bits per heavy atom. The lowest BCUT2D eigenvalue weighted by Crippen LogP contribution is -2.26. The maximum atomic E-state index is 8.99. The van der Waals surface area contributed by atoms with Gasteiger partial charge >= 0.3 is 0 Å². The van der Waals surface area contributed by atoms with Crippen LogP contribution in [-0.2, 0) is 0 Å². The van der Waals surface area contributed by atoms with E-state index in [0.29, 0.717) is 0 Å². The quantitative estimate of drug-likeness (QED) is 0.445. The zero-order valence-electron chi connectivity index (χ0n) is 5.93. The van der Waals surface area contributed by atoms with Gasteiger partial charge in [0.1, 0.15) is 0 Å². The van der Waals surface area contributed by atoms with Crippen molar-refractivity contribution in [2.24, 2.45) is 0 Å². The Kier molecular flexibility index (Phi) is 1.14. The summed E-state index contributed by atoms with van der Waals surface area (Å²) in [5, 5.41) is 21.2. The Labute approximate surface area is 60.1 Å². The fourth-order valence-corrected chi connectivity index (χ4v) is 2.26. The van der Waals surface area contributed by atoms with E-state index >= 15 is 0 Å². The summed E-state index contributed by atoms with van der Waals surface area (Å²) in [6, 6.07) is 0. The number of rotatable bonds is 2. The van der Waals surface area contributed by atoms with Crippen molar-refractivity contribution in [3.05, 3.63) is 0 Å². The van der Waals surface area contributed by atoms with Crippen molar-refractivity contribution < 1.29 is 10.2 Å². The molecule has 0 radical (unpaired) electrons. The van der Waals surface area contributed by atoms with E-state index < -0.39 is 0 Å². The molecule has 0 aromatic carbocycles. The molecule has 2 fully saturated rings. The van der Waals surface area contributed by atoms with E-state index in [4.69, 9.17) is 10.2 Å². The van der Waals surface area contributed by atoms with E-state index in [1.807, 2.05) is 0 Å². The SMILES string of the molecule is OCC12CCCC1(CO)N2. The molecule has 1 saturated heterocycles. The average molecular weight is 143 g/mol. The molecule has 3 nitrogen and oxygen atoms in total. The molecule has 0 amide bonds. The molecule has 2 atom stereocenters. The van der Waals surface area contributed by atoms with Gasteiger partial charge in [-0.3, -0.25) is 5.32 Å². The fraction of sp³-hybridized carbons (Fsp3) is 1.00. The normalized spacial score (nSPS) is 51.0. The molecule has 1 aliphatic carbocycles. The van der Waals surface area contributed by atoms with Crippen molar-refractivity contribution in [1.29, 1.82) is 0 Å². The number of fused-ring (bicyclic) bond motifs is 1. The Bertz CT molecular complexity index is 146. The van der Waals surface area contributed by atoms with E-state index in [1.54, 1.807) is 0 Å². The smallest absolute Gasteiger partial charge is 0.0632 e. The summed E-state index contributed by atoms with van der Waals surface area (Å²) >= 11 is 0. The maximum absolute atomic E-state index is 8.99. The van der Waals surface area contributed by atoms with Gasteiger partial charge in [-0.25, -0.2) is 0 Å². The number of hydrogen-bond acceptors (Lipinski definition) is 3. The second kappa shape index (κ2) is 1.72. The summed E-state index contributed by atoms with van der Waals surface area (Å²) in [6.45, 7) is 0.348. The van der Waals surface area contributed by atoms with Gasteiger partial charge in [-0.2, -0.15) is 0 Å². The van der Waals surface area contributed by atoms with Gasteiger partial charge in [0.2, 0.25) is 0 Å². The van der Waals surface area contributed by atoms with Crippen LogP contribution in [0.5, 0.6) is 0 Å². The summed E-state index contributed by atoms with van der Waals surface area (Å²) in [5.41, 5.74) is -0.191. The molecule has 1 saturated carbocycles. The first kappa shape index (κ1) is 6.58. The third-order valence-corrected chi connectivity index (χ3v) is 3.08. The van der Waals surface area contributed by atoms with Crippen molar-refractivity contribution in [2.45, 2.75) is 30.3 Å². The van der Waals surface area contributed by atoms with Gasteiger partial charge in [0.05, 0.1) is 24.3 Å². The van der Waals surface area contributed by atoms with Gasteiger partial charge < -0.3 is 10.2 Å². The molecule has 1 heterocycles. The van der Waals surface area contributed by atoms with Crippen LogP contribution in [0.25, 0.3) is 0 Å². The van der Waals surface area contributed by atoms with Gasteiger partial charge in [0, 0.05) is 0 Å². The largest absolute Gasteiger partial charge is 0.394 e. The standard InChI is InChI=1S/C7H13NO2/c9-4-6-2-1-3-7(6,5-10)8-6/h8-10H,1-5H2. The van der Waals surface area contributed by atoms with Crippen LogP contribution in [0.3, 0.4) is 0 Å². The predicted molar refractivity (Wildman–Crippen MR) is 36.6 cm³/mol. The molecular formula is C7H13NO2. The van der Waals surface area contributed by atoms with Gasteiger partial charge in [-0.1, -0.05) is 0 Å². The molecule has 0 spiro atoms. The van der Waals surface area contributed by atoms with Crippen LogP contribution in [0.2, 0.25) is 0 Å². The zero-order valence-corrected chi connectivity index (χ0v) is 5.93. The number of hydrogen-bond donors (Lipinski definition) is 3. The number of aliphatic hydroxyl groups excluding tert-OH is 2. The first-order valence-corrected chi connectivity index (χ1v) is 3.80. The van der Waals surface area contributed by atoms with E-state index in [0.717, 1.165) is 19.3 Å². The molecule has 0 aromatic heterocycles. The number of piperidine rings is 1. The lowest BCUT2D eigenvalue weighted by atomic mass is 9.98. The minimum absolute atomic E-state index is 0.0955. The molecule has 0 aromatic rings. The van der Waals surface area contributed by atoms with Gasteiger partial charge in [0.25, 0.3) is 0 Å². The summed E-state index contributed by atoms with van der Waals surface area (Å²) in [4.78, 5) is 0. The molecule has 58 valence electrons. The third-order valence-electron chi connectivity index (χ3n) is 3.08. The summed E-state index contributed by atoms with van der Waals surface area (Å²) in [5.74, 6) is 0. The highest BCUT2D eigenvalue weighted by Gasteiger charge is 2.68. The van der Waals surface area contributed by atoms with Crippen molar-refractivity contribution in [2.75, 3.05) is 13.2 Å². The molecular weight excluding hydrogens is 130 g/mol. The fourth-order valence-electron chi connectivity index (χ4n) is 2.26. The molecule has 2 rings (SSSR count). The highest BCUT2D eigenvalue weighted by atomic mass is 16.3. The van der Waals surface area contributed by atoms with Crippen LogP contribution in [-0.4, -0.2) is 34.5 Å². The second-order valence-corrected chi connectivity index (χ2v) is 3.46. The van der Waals surface area contributed by atoms with Crippen molar-refractivity contribution >= 4 is 0 Å². The minimum atomic E-state index is -0.0955. The summed E-state index contributed by atoms with van der Waals surface area (Å²) in [6.07, 6.45) is 3.17. The van der Waals surface area contributed by atoms with Gasteiger partial charge in [0.15, 0.2) is 0 Å². The second-order valence-electron chi connectivity index (χ2n) is 3.46. The Balaban J connectivity index is 2.15. The molecule has 1 aliphatic heterocycles. The summed E-state index contributed by atoms with van der Waals surface area (Å²) < 4.78 is 0. The Morgan fingerprint density at radius 2 is 1.60 bits per heavy atom. The van der Waals surface area contributed by atoms with Crippen LogP contribution < -0.4 is 5.32 Å². The lowest BCUT2D eigenvalue weighted by molar-refractivity contribution is 0.209. The molecule has 0 bridgehead atoms. The monoisotopic (exact) mass is 143 g/mol. The maximum Gasteiger partial charge on any atom is 0.0632 e. The highest BCUT2D eigenvalue weighted by molar-refractivity contribution is 5.29. The third kappa shape index (κ3) is 0.516. The van der Waals surface area contributed by atoms with E-state index in [-0.39, 0.29) is 24.3 Å². The average Bonchev–Trinajstić information content (AvgIpc) is 2.51. The lowest BCUT2D eigenvalue weighted by Gasteiger charge is -2.07. The molecule has 2 aliphatic rings. The predicted octanol–water partition coefficient (Wildman–Crippen LogP) is -0.764. The topological polar surface area (TPSA) is 62.4 Å².